The molecular formula is C16H23ClN2O2Si. The van der Waals surface area contributed by atoms with Crippen LogP contribution >= 0.6 is 11.6 Å². The second-order valence-electron chi connectivity index (χ2n) is 6.45. The van der Waals surface area contributed by atoms with Gasteiger partial charge < -0.3 is 14.0 Å². The quantitative estimate of drug-likeness (QED) is 0.423. The zero-order chi connectivity index (χ0) is 16.2. The van der Waals surface area contributed by atoms with Gasteiger partial charge in [-0.1, -0.05) is 31.2 Å². The maximum absolute atomic E-state index is 5.90. The van der Waals surface area contributed by atoms with Gasteiger partial charge in [-0.2, -0.15) is 0 Å². The lowest BCUT2D eigenvalue weighted by Gasteiger charge is -2.15. The predicted octanol–water partition coefficient (Wildman–Crippen LogP) is 4.52. The van der Waals surface area contributed by atoms with Crippen LogP contribution in [0.15, 0.2) is 30.6 Å². The molecule has 0 atom stereocenters. The highest BCUT2D eigenvalue weighted by Gasteiger charge is 2.12. The summed E-state index contributed by atoms with van der Waals surface area (Å²) in [5, 5.41) is 0.426. The van der Waals surface area contributed by atoms with E-state index in [4.69, 9.17) is 21.1 Å². The van der Waals surface area contributed by atoms with E-state index >= 15 is 0 Å². The van der Waals surface area contributed by atoms with Gasteiger partial charge in [-0.3, -0.25) is 0 Å². The first kappa shape index (κ1) is 17.1. The van der Waals surface area contributed by atoms with Gasteiger partial charge in [-0.05, 0) is 24.2 Å². The summed E-state index contributed by atoms with van der Waals surface area (Å²) >= 11 is 5.90. The van der Waals surface area contributed by atoms with Crippen LogP contribution in [0.1, 0.15) is 0 Å². The standard InChI is InChI=1S/C16H23ClN2O2Si/c1-20-16-14(5-6-15(17)18-16)13-7-8-19(11-13)12-21-9-10-22(2,3)4/h5-8,11H,9-10,12H2,1-4H3. The van der Waals surface area contributed by atoms with Gasteiger partial charge in [0.2, 0.25) is 5.88 Å². The summed E-state index contributed by atoms with van der Waals surface area (Å²) in [4.78, 5) is 4.19. The second-order valence-corrected chi connectivity index (χ2v) is 12.5. The number of methoxy groups -OCH3 is 1. The number of nitrogens with zero attached hydrogens (tertiary/aromatic N) is 2. The smallest absolute Gasteiger partial charge is 0.222 e. The average molecular weight is 339 g/mol. The molecule has 0 amide bonds. The summed E-state index contributed by atoms with van der Waals surface area (Å²) in [7, 11) is 0.564. The maximum atomic E-state index is 5.90. The van der Waals surface area contributed by atoms with E-state index in [9.17, 15) is 0 Å². The van der Waals surface area contributed by atoms with Gasteiger partial charge >= 0.3 is 0 Å². The van der Waals surface area contributed by atoms with Crippen molar-refractivity contribution in [3.8, 4) is 17.0 Å². The minimum atomic E-state index is -1.03. The van der Waals surface area contributed by atoms with Crippen molar-refractivity contribution in [3.63, 3.8) is 0 Å². The topological polar surface area (TPSA) is 36.3 Å². The van der Waals surface area contributed by atoms with Gasteiger partial charge in [-0.15, -0.1) is 0 Å². The molecule has 120 valence electrons. The Kier molecular flexibility index (Phi) is 5.67. The van der Waals surface area contributed by atoms with Crippen LogP contribution < -0.4 is 4.74 Å². The zero-order valence-electron chi connectivity index (χ0n) is 13.6. The third-order valence-electron chi connectivity index (χ3n) is 3.32. The molecule has 0 aromatic carbocycles. The van der Waals surface area contributed by atoms with E-state index in [1.807, 2.05) is 29.1 Å². The van der Waals surface area contributed by atoms with Gasteiger partial charge in [0.15, 0.2) is 0 Å². The van der Waals surface area contributed by atoms with E-state index in [1.54, 1.807) is 13.2 Å². The highest BCUT2D eigenvalue weighted by molar-refractivity contribution is 6.76. The Balaban J connectivity index is 2.00. The van der Waals surface area contributed by atoms with Gasteiger partial charge in [0.05, 0.1) is 7.11 Å². The first-order valence-corrected chi connectivity index (χ1v) is 11.4. The number of aromatic nitrogens is 2. The Morgan fingerprint density at radius 3 is 2.68 bits per heavy atom. The third kappa shape index (κ3) is 4.86. The van der Waals surface area contributed by atoms with E-state index in [0.29, 0.717) is 17.8 Å². The molecular weight excluding hydrogens is 316 g/mol. The first-order chi connectivity index (χ1) is 10.4. The maximum Gasteiger partial charge on any atom is 0.222 e. The SMILES string of the molecule is COc1nc(Cl)ccc1-c1ccn(COCC[Si](C)(C)C)c1. The second kappa shape index (κ2) is 7.31. The van der Waals surface area contributed by atoms with Crippen molar-refractivity contribution in [1.82, 2.24) is 9.55 Å². The molecule has 0 saturated heterocycles. The van der Waals surface area contributed by atoms with E-state index < -0.39 is 8.07 Å². The highest BCUT2D eigenvalue weighted by Crippen LogP contribution is 2.29. The van der Waals surface area contributed by atoms with E-state index in [0.717, 1.165) is 17.7 Å². The van der Waals surface area contributed by atoms with Crippen molar-refractivity contribution >= 4 is 19.7 Å². The molecule has 4 nitrogen and oxygen atoms in total. The molecule has 2 aromatic heterocycles. The highest BCUT2D eigenvalue weighted by atomic mass is 35.5. The van der Waals surface area contributed by atoms with E-state index in [1.165, 1.54) is 6.04 Å². The first-order valence-electron chi connectivity index (χ1n) is 7.33. The fourth-order valence-corrected chi connectivity index (χ4v) is 2.92. The van der Waals surface area contributed by atoms with E-state index in [-0.39, 0.29) is 0 Å². The molecule has 2 aromatic rings. The van der Waals surface area contributed by atoms with Crippen LogP contribution in [0.5, 0.6) is 5.88 Å². The zero-order valence-corrected chi connectivity index (χ0v) is 15.4. The van der Waals surface area contributed by atoms with Crippen LogP contribution in [-0.4, -0.2) is 31.3 Å². The van der Waals surface area contributed by atoms with Crippen molar-refractivity contribution < 1.29 is 9.47 Å². The van der Waals surface area contributed by atoms with Crippen LogP contribution in [-0.2, 0) is 11.5 Å². The summed E-state index contributed by atoms with van der Waals surface area (Å²) in [5.74, 6) is 0.532. The molecule has 0 bridgehead atoms. The Morgan fingerprint density at radius 2 is 2.00 bits per heavy atom. The molecule has 0 aliphatic rings. The Hall–Kier alpha value is -1.30. The number of hydrogen-bond acceptors (Lipinski definition) is 3. The van der Waals surface area contributed by atoms with Crippen molar-refractivity contribution in [2.75, 3.05) is 13.7 Å². The monoisotopic (exact) mass is 338 g/mol. The minimum absolute atomic E-state index is 0.426. The van der Waals surface area contributed by atoms with Crippen molar-refractivity contribution in [3.05, 3.63) is 35.7 Å². The summed E-state index contributed by atoms with van der Waals surface area (Å²) in [6.45, 7) is 8.43. The lowest BCUT2D eigenvalue weighted by atomic mass is 10.1. The van der Waals surface area contributed by atoms with E-state index in [2.05, 4.69) is 24.6 Å². The van der Waals surface area contributed by atoms with Crippen molar-refractivity contribution in [2.24, 2.45) is 0 Å². The summed E-state index contributed by atoms with van der Waals surface area (Å²) in [5.41, 5.74) is 1.96. The van der Waals surface area contributed by atoms with Crippen LogP contribution in [0.4, 0.5) is 0 Å². The summed E-state index contributed by atoms with van der Waals surface area (Å²) < 4.78 is 13.1. The van der Waals surface area contributed by atoms with Crippen LogP contribution in [0.3, 0.4) is 0 Å². The van der Waals surface area contributed by atoms with Gasteiger partial charge in [-0.25, -0.2) is 4.98 Å². The van der Waals surface area contributed by atoms with Gasteiger partial charge in [0.1, 0.15) is 11.9 Å². The molecule has 22 heavy (non-hydrogen) atoms. The predicted molar refractivity (Wildman–Crippen MR) is 93.3 cm³/mol. The largest absolute Gasteiger partial charge is 0.481 e. The van der Waals surface area contributed by atoms with Gasteiger partial charge in [0.25, 0.3) is 0 Å². The molecule has 0 aliphatic heterocycles. The molecule has 0 saturated carbocycles. The number of hydrogen-bond donors (Lipinski definition) is 0. The summed E-state index contributed by atoms with van der Waals surface area (Å²) in [6.07, 6.45) is 4.03. The third-order valence-corrected chi connectivity index (χ3v) is 5.23. The van der Waals surface area contributed by atoms with Crippen molar-refractivity contribution in [1.29, 1.82) is 0 Å². The molecule has 0 aliphatic carbocycles. The van der Waals surface area contributed by atoms with Crippen LogP contribution in [0, 0.1) is 0 Å². The fraction of sp³-hybridized carbons (Fsp3) is 0.438. The Bertz CT molecular complexity index is 623. The normalized spacial score (nSPS) is 11.7. The molecule has 2 heterocycles. The van der Waals surface area contributed by atoms with Crippen LogP contribution in [0.25, 0.3) is 11.1 Å². The molecule has 0 N–H and O–H groups in total. The number of halogens is 1. The lowest BCUT2D eigenvalue weighted by molar-refractivity contribution is 0.0875. The molecule has 0 fully saturated rings. The Morgan fingerprint density at radius 1 is 1.23 bits per heavy atom. The number of pyridine rings is 1. The lowest BCUT2D eigenvalue weighted by Crippen LogP contribution is -2.21. The molecule has 0 spiro atoms. The molecule has 6 heteroatoms. The minimum Gasteiger partial charge on any atom is -0.481 e. The number of ether oxygens (including phenoxy) is 2. The molecule has 2 rings (SSSR count). The Labute approximate surface area is 138 Å². The van der Waals surface area contributed by atoms with Crippen LogP contribution in [0.2, 0.25) is 30.8 Å². The molecule has 0 radical (unpaired) electrons. The van der Waals surface area contributed by atoms with Gasteiger partial charge in [0, 0.05) is 38.2 Å². The number of rotatable bonds is 7. The summed E-state index contributed by atoms with van der Waals surface area (Å²) in [6, 6.07) is 6.88. The van der Waals surface area contributed by atoms with Crippen molar-refractivity contribution in [2.45, 2.75) is 32.4 Å². The molecule has 0 unspecified atom stereocenters. The fourth-order valence-electron chi connectivity index (χ4n) is 2.02. The average Bonchev–Trinajstić information content (AvgIpc) is 2.91.